The van der Waals surface area contributed by atoms with E-state index in [0.29, 0.717) is 46.4 Å². The van der Waals surface area contributed by atoms with E-state index in [1.54, 1.807) is 35.8 Å². The van der Waals surface area contributed by atoms with E-state index in [1.807, 2.05) is 19.9 Å². The van der Waals surface area contributed by atoms with Crippen molar-refractivity contribution in [2.45, 2.75) is 26.3 Å². The molecule has 1 aliphatic heterocycles. The van der Waals surface area contributed by atoms with Crippen LogP contribution in [0.5, 0.6) is 11.5 Å². The van der Waals surface area contributed by atoms with E-state index >= 15 is 0 Å². The van der Waals surface area contributed by atoms with Crippen LogP contribution in [0.2, 0.25) is 0 Å². The van der Waals surface area contributed by atoms with Gasteiger partial charge >= 0.3 is 0 Å². The number of nitrogens with zero attached hydrogens (tertiary/aromatic N) is 3. The maximum atomic E-state index is 13.7. The lowest BCUT2D eigenvalue weighted by molar-refractivity contribution is 0.0970. The first-order valence-corrected chi connectivity index (χ1v) is 12.5. The summed E-state index contributed by atoms with van der Waals surface area (Å²) in [7, 11) is 0. The Balaban J connectivity index is 1.74. The van der Waals surface area contributed by atoms with Crippen molar-refractivity contribution in [1.82, 2.24) is 10.2 Å². The number of carbonyl (C=O) groups is 1. The lowest BCUT2D eigenvalue weighted by Gasteiger charge is -2.23. The molecule has 0 fully saturated rings. The van der Waals surface area contributed by atoms with Crippen LogP contribution in [0.1, 0.15) is 48.0 Å². The molecule has 1 amide bonds. The van der Waals surface area contributed by atoms with Crippen molar-refractivity contribution in [2.24, 2.45) is 0 Å². The second-order valence-electron chi connectivity index (χ2n) is 7.60. The fourth-order valence-corrected chi connectivity index (χ4v) is 4.97. The molecule has 5 rings (SSSR count). The highest BCUT2D eigenvalue weighted by Gasteiger charge is 2.45. The van der Waals surface area contributed by atoms with E-state index in [2.05, 4.69) is 26.1 Å². The zero-order valence-corrected chi connectivity index (χ0v) is 20.8. The normalized spacial score (nSPS) is 15.1. The SMILES string of the molecule is CCCOc1ccc(C2c3c(oc4ccc(Br)cc4c3=O)C(=O)N2c2nncs2)cc1OCC. The maximum Gasteiger partial charge on any atom is 0.297 e. The third-order valence-corrected chi connectivity index (χ3v) is 6.61. The Morgan fingerprint density at radius 2 is 1.97 bits per heavy atom. The van der Waals surface area contributed by atoms with Crippen LogP contribution in [0, 0.1) is 0 Å². The Kier molecular flexibility index (Phi) is 6.09. The van der Waals surface area contributed by atoms with Crippen LogP contribution in [-0.4, -0.2) is 29.3 Å². The minimum Gasteiger partial charge on any atom is -0.490 e. The largest absolute Gasteiger partial charge is 0.490 e. The summed E-state index contributed by atoms with van der Waals surface area (Å²) in [5.41, 5.74) is 2.55. The molecule has 3 heterocycles. The molecular weight excluding hydrogens is 522 g/mol. The van der Waals surface area contributed by atoms with Crippen LogP contribution in [0.15, 0.2) is 55.6 Å². The van der Waals surface area contributed by atoms with Gasteiger partial charge in [-0.3, -0.25) is 14.5 Å². The van der Waals surface area contributed by atoms with Crippen LogP contribution >= 0.6 is 27.3 Å². The number of halogens is 1. The van der Waals surface area contributed by atoms with Crippen LogP contribution in [0.4, 0.5) is 5.13 Å². The van der Waals surface area contributed by atoms with Gasteiger partial charge in [-0.25, -0.2) is 0 Å². The standard InChI is InChI=1S/C24H20BrN3O5S/c1-3-9-32-17-7-5-13(10-18(17)31-4-2)20-19-21(29)15-11-14(25)6-8-16(15)33-22(19)23(30)28(20)24-27-26-12-34-24/h5-8,10-12,20H,3-4,9H2,1-2H3. The molecule has 0 saturated heterocycles. The van der Waals surface area contributed by atoms with Gasteiger partial charge in [-0.1, -0.05) is 40.3 Å². The monoisotopic (exact) mass is 541 g/mol. The molecule has 0 saturated carbocycles. The molecule has 174 valence electrons. The molecule has 34 heavy (non-hydrogen) atoms. The van der Waals surface area contributed by atoms with Crippen molar-refractivity contribution in [3.05, 3.63) is 73.5 Å². The second kappa shape index (κ2) is 9.19. The average Bonchev–Trinajstić information content (AvgIpc) is 3.46. The van der Waals surface area contributed by atoms with Crippen LogP contribution in [0.25, 0.3) is 11.0 Å². The van der Waals surface area contributed by atoms with E-state index in [0.717, 1.165) is 10.9 Å². The Hall–Kier alpha value is -3.24. The molecule has 2 aromatic carbocycles. The number of hydrogen-bond donors (Lipinski definition) is 0. The molecule has 0 bridgehead atoms. The number of benzene rings is 2. The summed E-state index contributed by atoms with van der Waals surface area (Å²) in [6.45, 7) is 4.90. The van der Waals surface area contributed by atoms with E-state index in [-0.39, 0.29) is 16.8 Å². The molecule has 4 aromatic rings. The van der Waals surface area contributed by atoms with Gasteiger partial charge in [0.25, 0.3) is 5.91 Å². The number of ether oxygens (including phenoxy) is 2. The first kappa shape index (κ1) is 22.5. The molecule has 8 nitrogen and oxygen atoms in total. The second-order valence-corrected chi connectivity index (χ2v) is 9.33. The van der Waals surface area contributed by atoms with Crippen LogP contribution < -0.4 is 19.8 Å². The fraction of sp³-hybridized carbons (Fsp3) is 0.250. The minimum atomic E-state index is -0.755. The van der Waals surface area contributed by atoms with Crippen molar-refractivity contribution < 1.29 is 18.7 Å². The van der Waals surface area contributed by atoms with Crippen LogP contribution in [0.3, 0.4) is 0 Å². The predicted octanol–water partition coefficient (Wildman–Crippen LogP) is 5.34. The van der Waals surface area contributed by atoms with Crippen molar-refractivity contribution >= 4 is 49.3 Å². The molecule has 1 unspecified atom stereocenters. The number of aromatic nitrogens is 2. The van der Waals surface area contributed by atoms with E-state index < -0.39 is 11.9 Å². The van der Waals surface area contributed by atoms with Crippen molar-refractivity contribution in [1.29, 1.82) is 0 Å². The first-order valence-electron chi connectivity index (χ1n) is 10.8. The van der Waals surface area contributed by atoms with Gasteiger partial charge in [-0.2, -0.15) is 0 Å². The number of carbonyl (C=O) groups excluding carboxylic acids is 1. The molecule has 0 aliphatic carbocycles. The highest BCUT2D eigenvalue weighted by Crippen LogP contribution is 2.43. The third-order valence-electron chi connectivity index (χ3n) is 5.43. The van der Waals surface area contributed by atoms with E-state index in [9.17, 15) is 9.59 Å². The van der Waals surface area contributed by atoms with Gasteiger partial charge in [-0.05, 0) is 49.2 Å². The van der Waals surface area contributed by atoms with Gasteiger partial charge < -0.3 is 13.9 Å². The maximum absolute atomic E-state index is 13.7. The summed E-state index contributed by atoms with van der Waals surface area (Å²) >= 11 is 4.62. The molecule has 1 aliphatic rings. The van der Waals surface area contributed by atoms with Crippen molar-refractivity contribution in [2.75, 3.05) is 18.1 Å². The molecule has 0 radical (unpaired) electrons. The van der Waals surface area contributed by atoms with Gasteiger partial charge in [0.1, 0.15) is 11.1 Å². The summed E-state index contributed by atoms with van der Waals surface area (Å²) in [6, 6.07) is 9.82. The van der Waals surface area contributed by atoms with Crippen molar-refractivity contribution in [3.8, 4) is 11.5 Å². The topological polar surface area (TPSA) is 94.8 Å². The van der Waals surface area contributed by atoms with Crippen molar-refractivity contribution in [3.63, 3.8) is 0 Å². The third kappa shape index (κ3) is 3.76. The zero-order valence-electron chi connectivity index (χ0n) is 18.4. The molecule has 2 aromatic heterocycles. The molecule has 0 spiro atoms. The summed E-state index contributed by atoms with van der Waals surface area (Å²) < 4.78 is 18.4. The Morgan fingerprint density at radius 3 is 2.71 bits per heavy atom. The highest BCUT2D eigenvalue weighted by molar-refractivity contribution is 9.10. The smallest absolute Gasteiger partial charge is 0.297 e. The minimum absolute atomic E-state index is 0.00397. The number of anilines is 1. The van der Waals surface area contributed by atoms with Gasteiger partial charge in [0.15, 0.2) is 16.9 Å². The number of amides is 1. The molecule has 10 heteroatoms. The molecule has 1 atom stereocenters. The quantitative estimate of drug-likeness (QED) is 0.311. The molecular formula is C24H20BrN3O5S. The summed E-state index contributed by atoms with van der Waals surface area (Å²) in [5.74, 6) is 0.709. The van der Waals surface area contributed by atoms with Gasteiger partial charge in [-0.15, -0.1) is 10.2 Å². The first-order chi connectivity index (χ1) is 16.5. The van der Waals surface area contributed by atoms with Gasteiger partial charge in [0, 0.05) is 4.47 Å². The fourth-order valence-electron chi connectivity index (χ4n) is 4.02. The van der Waals surface area contributed by atoms with Gasteiger partial charge in [0.2, 0.25) is 10.9 Å². The Morgan fingerprint density at radius 1 is 1.12 bits per heavy atom. The van der Waals surface area contributed by atoms with Gasteiger partial charge in [0.05, 0.1) is 30.2 Å². The summed E-state index contributed by atoms with van der Waals surface area (Å²) in [4.78, 5) is 28.7. The Labute approximate surface area is 207 Å². The lowest BCUT2D eigenvalue weighted by Crippen LogP contribution is -2.29. The average molecular weight is 542 g/mol. The summed E-state index contributed by atoms with van der Waals surface area (Å²) in [5, 5.41) is 8.75. The predicted molar refractivity (Wildman–Crippen MR) is 132 cm³/mol. The number of rotatable bonds is 7. The Bertz CT molecular complexity index is 1440. The number of fused-ring (bicyclic) bond motifs is 2. The lowest BCUT2D eigenvalue weighted by atomic mass is 9.98. The van der Waals surface area contributed by atoms with E-state index in [1.165, 1.54) is 16.2 Å². The van der Waals surface area contributed by atoms with Crippen LogP contribution in [-0.2, 0) is 0 Å². The molecule has 0 N–H and O–H groups in total. The summed E-state index contributed by atoms with van der Waals surface area (Å²) in [6.07, 6.45) is 0.853. The highest BCUT2D eigenvalue weighted by atomic mass is 79.9. The number of hydrogen-bond acceptors (Lipinski definition) is 8. The zero-order chi connectivity index (χ0) is 23.8. The van der Waals surface area contributed by atoms with E-state index in [4.69, 9.17) is 13.9 Å².